The fraction of sp³-hybridized carbons (Fsp3) is 0.750. The van der Waals surface area contributed by atoms with Gasteiger partial charge in [-0.1, -0.05) is 13.3 Å². The third-order valence-electron chi connectivity index (χ3n) is 1.74. The van der Waals surface area contributed by atoms with Gasteiger partial charge in [0, 0.05) is 26.0 Å². The molecule has 0 unspecified atom stereocenters. The summed E-state index contributed by atoms with van der Waals surface area (Å²) in [5.74, 6) is 0. The fourth-order valence-electron chi connectivity index (χ4n) is 1.10. The molecular formula is C8H20ClN3. The minimum atomic E-state index is 0. The van der Waals surface area contributed by atoms with Gasteiger partial charge < -0.3 is 16.0 Å². The van der Waals surface area contributed by atoms with Crippen molar-refractivity contribution in [3.05, 3.63) is 12.4 Å². The quantitative estimate of drug-likeness (QED) is 0.746. The molecule has 0 atom stereocenters. The highest BCUT2D eigenvalue weighted by atomic mass is 35.5. The number of unbranched alkanes of at least 4 members (excludes halogenated alkanes) is 1. The summed E-state index contributed by atoms with van der Waals surface area (Å²) in [4.78, 5) is 4.53. The number of rotatable bonds is 3. The maximum atomic E-state index is 2.34. The van der Waals surface area contributed by atoms with Gasteiger partial charge in [0.1, 0.15) is 0 Å². The topological polar surface area (TPSA) is 41.5 Å². The molecule has 0 aliphatic carbocycles. The number of hydrogen-bond acceptors (Lipinski definition) is 3. The molecule has 12 heavy (non-hydrogen) atoms. The smallest absolute Gasteiger partial charge is 0.0890 e. The van der Waals surface area contributed by atoms with E-state index >= 15 is 0 Å². The van der Waals surface area contributed by atoms with Crippen molar-refractivity contribution in [1.29, 1.82) is 0 Å². The van der Waals surface area contributed by atoms with Crippen LogP contribution in [0, 0.1) is 0 Å². The van der Waals surface area contributed by atoms with Crippen molar-refractivity contribution in [2.75, 3.05) is 20.3 Å². The standard InChI is InChI=1S/C8H16N2.ClH.H3N/c1-3-4-5-10-7-6-9(2)8-10;;/h6-7H,3-5,8H2,1-2H3;1H;1H3. The summed E-state index contributed by atoms with van der Waals surface area (Å²) >= 11 is 0. The van der Waals surface area contributed by atoms with Gasteiger partial charge >= 0.3 is 0 Å². The van der Waals surface area contributed by atoms with Crippen molar-refractivity contribution in [2.24, 2.45) is 0 Å². The monoisotopic (exact) mass is 193 g/mol. The molecule has 3 nitrogen and oxygen atoms in total. The fourth-order valence-corrected chi connectivity index (χ4v) is 1.10. The van der Waals surface area contributed by atoms with Gasteiger partial charge in [0.15, 0.2) is 0 Å². The van der Waals surface area contributed by atoms with Crippen LogP contribution in [-0.4, -0.2) is 30.1 Å². The molecule has 0 saturated carbocycles. The van der Waals surface area contributed by atoms with E-state index in [4.69, 9.17) is 0 Å². The Kier molecular flexibility index (Phi) is 8.54. The molecule has 0 radical (unpaired) electrons. The maximum absolute atomic E-state index is 2.34. The van der Waals surface area contributed by atoms with Gasteiger partial charge in [-0.15, -0.1) is 12.4 Å². The summed E-state index contributed by atoms with van der Waals surface area (Å²) in [5, 5.41) is 0. The Morgan fingerprint density at radius 3 is 2.42 bits per heavy atom. The van der Waals surface area contributed by atoms with Crippen LogP contribution in [0.4, 0.5) is 0 Å². The molecule has 1 aliphatic rings. The van der Waals surface area contributed by atoms with E-state index in [2.05, 4.69) is 36.2 Å². The van der Waals surface area contributed by atoms with Crippen molar-refractivity contribution in [3.8, 4) is 0 Å². The van der Waals surface area contributed by atoms with E-state index in [9.17, 15) is 0 Å². The average Bonchev–Trinajstić information content (AvgIpc) is 2.31. The van der Waals surface area contributed by atoms with E-state index in [0.29, 0.717) is 0 Å². The Morgan fingerprint density at radius 2 is 2.00 bits per heavy atom. The first-order chi connectivity index (χ1) is 4.83. The van der Waals surface area contributed by atoms with Gasteiger partial charge in [0.2, 0.25) is 0 Å². The van der Waals surface area contributed by atoms with Crippen molar-refractivity contribution < 1.29 is 0 Å². The zero-order chi connectivity index (χ0) is 7.40. The van der Waals surface area contributed by atoms with E-state index in [-0.39, 0.29) is 18.6 Å². The zero-order valence-electron chi connectivity index (χ0n) is 7.99. The number of halogens is 1. The summed E-state index contributed by atoms with van der Waals surface area (Å²) < 4.78 is 0. The molecule has 0 bridgehead atoms. The van der Waals surface area contributed by atoms with Crippen LogP contribution in [0.2, 0.25) is 0 Å². The lowest BCUT2D eigenvalue weighted by atomic mass is 10.3. The first-order valence-electron chi connectivity index (χ1n) is 3.95. The normalized spacial score (nSPS) is 14.2. The molecule has 0 amide bonds. The van der Waals surface area contributed by atoms with E-state index in [1.54, 1.807) is 0 Å². The Balaban J connectivity index is 0. The molecule has 1 heterocycles. The van der Waals surface area contributed by atoms with Crippen LogP contribution in [0.1, 0.15) is 19.8 Å². The Bertz CT molecular complexity index is 127. The molecule has 0 aromatic carbocycles. The van der Waals surface area contributed by atoms with Gasteiger partial charge in [0.25, 0.3) is 0 Å². The highest BCUT2D eigenvalue weighted by molar-refractivity contribution is 5.85. The van der Waals surface area contributed by atoms with Crippen LogP contribution in [0.25, 0.3) is 0 Å². The van der Waals surface area contributed by atoms with Crippen molar-refractivity contribution in [3.63, 3.8) is 0 Å². The lowest BCUT2D eigenvalue weighted by Gasteiger charge is -2.17. The summed E-state index contributed by atoms with van der Waals surface area (Å²) in [6, 6.07) is 0. The largest absolute Gasteiger partial charge is 0.362 e. The van der Waals surface area contributed by atoms with E-state index in [0.717, 1.165) is 6.67 Å². The minimum absolute atomic E-state index is 0. The lowest BCUT2D eigenvalue weighted by molar-refractivity contribution is 0.293. The van der Waals surface area contributed by atoms with Gasteiger partial charge in [-0.3, -0.25) is 0 Å². The van der Waals surface area contributed by atoms with Crippen LogP contribution >= 0.6 is 12.4 Å². The first-order valence-corrected chi connectivity index (χ1v) is 3.95. The molecule has 0 saturated heterocycles. The molecule has 0 aromatic rings. The lowest BCUT2D eigenvalue weighted by Crippen LogP contribution is -2.23. The van der Waals surface area contributed by atoms with Crippen LogP contribution in [0.5, 0.6) is 0 Å². The van der Waals surface area contributed by atoms with Gasteiger partial charge in [-0.2, -0.15) is 0 Å². The van der Waals surface area contributed by atoms with Gasteiger partial charge in [-0.25, -0.2) is 0 Å². The summed E-state index contributed by atoms with van der Waals surface area (Å²) in [6.07, 6.45) is 6.87. The molecule has 3 N–H and O–H groups in total. The Morgan fingerprint density at radius 1 is 1.33 bits per heavy atom. The van der Waals surface area contributed by atoms with Crippen LogP contribution in [-0.2, 0) is 0 Å². The highest BCUT2D eigenvalue weighted by Crippen LogP contribution is 2.04. The maximum Gasteiger partial charge on any atom is 0.0890 e. The molecule has 0 spiro atoms. The first kappa shape index (κ1) is 14.1. The highest BCUT2D eigenvalue weighted by Gasteiger charge is 2.05. The molecule has 0 fully saturated rings. The molecule has 0 aromatic heterocycles. The van der Waals surface area contributed by atoms with Crippen LogP contribution in [0.15, 0.2) is 12.4 Å². The second kappa shape index (κ2) is 7.25. The van der Waals surface area contributed by atoms with Crippen molar-refractivity contribution >= 4 is 12.4 Å². The summed E-state index contributed by atoms with van der Waals surface area (Å²) in [7, 11) is 2.10. The third-order valence-corrected chi connectivity index (χ3v) is 1.74. The third kappa shape index (κ3) is 4.46. The summed E-state index contributed by atoms with van der Waals surface area (Å²) in [5.41, 5.74) is 0. The second-order valence-electron chi connectivity index (χ2n) is 2.86. The second-order valence-corrected chi connectivity index (χ2v) is 2.86. The summed E-state index contributed by atoms with van der Waals surface area (Å²) in [6.45, 7) is 4.50. The van der Waals surface area contributed by atoms with E-state index < -0.39 is 0 Å². The van der Waals surface area contributed by atoms with Gasteiger partial charge in [-0.05, 0) is 6.42 Å². The number of hydrogen-bond donors (Lipinski definition) is 1. The minimum Gasteiger partial charge on any atom is -0.362 e. The number of nitrogens with zero attached hydrogens (tertiary/aromatic N) is 2. The van der Waals surface area contributed by atoms with Gasteiger partial charge in [0.05, 0.1) is 6.67 Å². The van der Waals surface area contributed by atoms with Crippen LogP contribution < -0.4 is 6.15 Å². The van der Waals surface area contributed by atoms with Crippen LogP contribution in [0.3, 0.4) is 0 Å². The molecule has 1 rings (SSSR count). The SMILES string of the molecule is CCCCN1C=CN(C)C1.Cl.N. The molecule has 1 aliphatic heterocycles. The van der Waals surface area contributed by atoms with Crippen molar-refractivity contribution in [2.45, 2.75) is 19.8 Å². The average molecular weight is 194 g/mol. The molecule has 4 heteroatoms. The predicted octanol–water partition coefficient (Wildman–Crippen LogP) is 2.05. The Labute approximate surface area is 81.4 Å². The van der Waals surface area contributed by atoms with E-state index in [1.165, 1.54) is 19.4 Å². The Hall–Kier alpha value is -0.410. The van der Waals surface area contributed by atoms with E-state index in [1.807, 2.05) is 0 Å². The zero-order valence-corrected chi connectivity index (χ0v) is 8.81. The predicted molar refractivity (Wildman–Crippen MR) is 55.7 cm³/mol. The molecular weight excluding hydrogens is 174 g/mol. The van der Waals surface area contributed by atoms with Crippen molar-refractivity contribution in [1.82, 2.24) is 16.0 Å². The molecule has 74 valence electrons.